The van der Waals surface area contributed by atoms with Gasteiger partial charge >= 0.3 is 0 Å². The van der Waals surface area contributed by atoms with E-state index in [1.165, 1.54) is 0 Å². The lowest BCUT2D eigenvalue weighted by molar-refractivity contribution is 0.188. The van der Waals surface area contributed by atoms with Gasteiger partial charge in [0.25, 0.3) is 0 Å². The molecule has 5 heteroatoms. The largest absolute Gasteiger partial charge is 0.394 e. The Kier molecular flexibility index (Phi) is 6.89. The Hall–Kier alpha value is -1.62. The van der Waals surface area contributed by atoms with Crippen LogP contribution >= 0.6 is 0 Å². The van der Waals surface area contributed by atoms with Crippen LogP contribution in [0.3, 0.4) is 0 Å². The second kappa shape index (κ2) is 7.62. The summed E-state index contributed by atoms with van der Waals surface area (Å²) in [5.41, 5.74) is 1.42. The van der Waals surface area contributed by atoms with Crippen LogP contribution in [0, 0.1) is 6.92 Å². The van der Waals surface area contributed by atoms with Gasteiger partial charge in [-0.1, -0.05) is 20.4 Å². The molecule has 1 unspecified atom stereocenters. The van der Waals surface area contributed by atoms with Gasteiger partial charge in [0, 0.05) is 6.72 Å². The van der Waals surface area contributed by atoms with E-state index < -0.39 is 0 Å². The van der Waals surface area contributed by atoms with Crippen LogP contribution < -0.4 is 0 Å². The smallest absolute Gasteiger partial charge is 0.103 e. The van der Waals surface area contributed by atoms with Crippen molar-refractivity contribution >= 4 is 12.4 Å². The molecule has 1 aromatic heterocycles. The summed E-state index contributed by atoms with van der Waals surface area (Å²) in [6.45, 7) is 15.0. The lowest BCUT2D eigenvalue weighted by atomic mass is 10.3. The van der Waals surface area contributed by atoms with Gasteiger partial charge in [0.1, 0.15) is 5.82 Å². The van der Waals surface area contributed by atoms with Crippen LogP contribution in [-0.2, 0) is 0 Å². The normalized spacial score (nSPS) is 11.1. The number of aliphatic hydroxyl groups excluding tert-OH is 1. The topological polar surface area (TPSA) is 64.5 Å². The average Bonchev–Trinajstić information content (AvgIpc) is 2.79. The van der Waals surface area contributed by atoms with Crippen LogP contribution in [0.5, 0.6) is 0 Å². The van der Waals surface area contributed by atoms with Gasteiger partial charge in [-0.25, -0.2) is 4.98 Å². The van der Waals surface area contributed by atoms with Gasteiger partial charge in [-0.15, -0.1) is 0 Å². The highest BCUT2D eigenvalue weighted by Crippen LogP contribution is 2.18. The van der Waals surface area contributed by atoms with Gasteiger partial charge < -0.3 is 10.1 Å². The van der Waals surface area contributed by atoms with Crippen LogP contribution in [0.2, 0.25) is 0 Å². The Labute approximate surface area is 103 Å². The minimum Gasteiger partial charge on any atom is -0.394 e. The molecule has 1 heterocycles. The van der Waals surface area contributed by atoms with Crippen molar-refractivity contribution in [1.29, 1.82) is 0 Å². The SMILES string of the molecule is C=NN(C(=C)c1cnc(C)[nH]1)C(C)CO.CC. The Morgan fingerprint density at radius 1 is 1.65 bits per heavy atom. The molecular weight excluding hydrogens is 216 g/mol. The van der Waals surface area contributed by atoms with Crippen molar-refractivity contribution in [1.82, 2.24) is 15.0 Å². The Bertz CT molecular complexity index is 359. The summed E-state index contributed by atoms with van der Waals surface area (Å²) >= 11 is 0. The number of aliphatic hydroxyl groups is 1. The molecule has 0 spiro atoms. The first-order chi connectivity index (χ1) is 8.10. The molecule has 96 valence electrons. The predicted octanol–water partition coefficient (Wildman–Crippen LogP) is 2.01. The zero-order valence-corrected chi connectivity index (χ0v) is 11.1. The number of nitrogens with one attached hydrogen (secondary N) is 1. The van der Waals surface area contributed by atoms with Crippen molar-refractivity contribution in [3.05, 3.63) is 24.3 Å². The predicted molar refractivity (Wildman–Crippen MR) is 71.6 cm³/mol. The highest BCUT2D eigenvalue weighted by atomic mass is 16.3. The highest BCUT2D eigenvalue weighted by Gasteiger charge is 2.15. The molecule has 0 fully saturated rings. The van der Waals surface area contributed by atoms with E-state index in [0.29, 0.717) is 5.70 Å². The molecule has 0 saturated carbocycles. The standard InChI is InChI=1S/C10H16N4O.C2H6/c1-7(6-15)14(11-4)8(2)10-5-12-9(3)13-10;1-2/h5,7,15H,2,4,6H2,1,3H3,(H,12,13);1-2H3. The summed E-state index contributed by atoms with van der Waals surface area (Å²) in [4.78, 5) is 7.12. The van der Waals surface area contributed by atoms with Gasteiger partial charge in [-0.2, -0.15) is 5.10 Å². The van der Waals surface area contributed by atoms with Crippen LogP contribution in [-0.4, -0.2) is 39.4 Å². The number of aromatic nitrogens is 2. The third kappa shape index (κ3) is 4.03. The first-order valence-corrected chi connectivity index (χ1v) is 5.67. The van der Waals surface area contributed by atoms with Crippen molar-refractivity contribution in [2.75, 3.05) is 6.61 Å². The first kappa shape index (κ1) is 15.4. The fourth-order valence-electron chi connectivity index (χ4n) is 1.26. The molecule has 1 rings (SSSR count). The van der Waals surface area contributed by atoms with Crippen molar-refractivity contribution in [3.63, 3.8) is 0 Å². The summed E-state index contributed by atoms with van der Waals surface area (Å²) in [7, 11) is 0. The summed E-state index contributed by atoms with van der Waals surface area (Å²) in [5.74, 6) is 0.812. The van der Waals surface area contributed by atoms with E-state index in [2.05, 4.69) is 28.4 Å². The van der Waals surface area contributed by atoms with Gasteiger partial charge in [0.2, 0.25) is 0 Å². The van der Waals surface area contributed by atoms with E-state index in [1.807, 2.05) is 27.7 Å². The molecule has 0 bridgehead atoms. The monoisotopic (exact) mass is 238 g/mol. The second-order valence-electron chi connectivity index (χ2n) is 3.35. The minimum absolute atomic E-state index is 0.00877. The second-order valence-corrected chi connectivity index (χ2v) is 3.35. The Morgan fingerprint density at radius 3 is 2.59 bits per heavy atom. The molecule has 0 radical (unpaired) electrons. The maximum absolute atomic E-state index is 9.04. The number of hydrazone groups is 1. The van der Waals surface area contributed by atoms with Crippen LogP contribution in [0.25, 0.3) is 5.70 Å². The maximum Gasteiger partial charge on any atom is 0.103 e. The van der Waals surface area contributed by atoms with E-state index in [-0.39, 0.29) is 12.6 Å². The zero-order valence-electron chi connectivity index (χ0n) is 11.1. The number of aromatic amines is 1. The number of H-pyrrole nitrogens is 1. The summed E-state index contributed by atoms with van der Waals surface area (Å²) < 4.78 is 0. The zero-order chi connectivity index (χ0) is 13.4. The molecule has 5 nitrogen and oxygen atoms in total. The minimum atomic E-state index is -0.154. The van der Waals surface area contributed by atoms with Gasteiger partial charge in [0.05, 0.1) is 30.2 Å². The van der Waals surface area contributed by atoms with E-state index in [1.54, 1.807) is 11.2 Å². The van der Waals surface area contributed by atoms with Crippen molar-refractivity contribution in [2.45, 2.75) is 33.7 Å². The van der Waals surface area contributed by atoms with Crippen LogP contribution in [0.4, 0.5) is 0 Å². The third-order valence-corrected chi connectivity index (χ3v) is 2.12. The summed E-state index contributed by atoms with van der Waals surface area (Å²) in [6, 6.07) is -0.154. The number of hydrogen-bond acceptors (Lipinski definition) is 4. The maximum atomic E-state index is 9.04. The fourth-order valence-corrected chi connectivity index (χ4v) is 1.26. The number of aryl methyl sites for hydroxylation is 1. The number of hydrogen-bond donors (Lipinski definition) is 2. The van der Waals surface area contributed by atoms with Gasteiger partial charge in [-0.05, 0) is 13.8 Å². The fraction of sp³-hybridized carbons (Fsp3) is 0.500. The molecule has 0 aliphatic carbocycles. The van der Waals surface area contributed by atoms with Crippen LogP contribution in [0.1, 0.15) is 32.3 Å². The average molecular weight is 238 g/mol. The van der Waals surface area contributed by atoms with Crippen molar-refractivity contribution < 1.29 is 5.11 Å². The number of imidazole rings is 1. The Balaban J connectivity index is 0.00000121. The quantitative estimate of drug-likeness (QED) is 0.609. The first-order valence-electron chi connectivity index (χ1n) is 5.67. The molecule has 17 heavy (non-hydrogen) atoms. The van der Waals surface area contributed by atoms with E-state index >= 15 is 0 Å². The molecule has 0 aliphatic rings. The lowest BCUT2D eigenvalue weighted by Gasteiger charge is -2.25. The van der Waals surface area contributed by atoms with E-state index in [4.69, 9.17) is 5.11 Å². The summed E-state index contributed by atoms with van der Waals surface area (Å²) in [6.07, 6.45) is 1.68. The lowest BCUT2D eigenvalue weighted by Crippen LogP contribution is -2.29. The van der Waals surface area contributed by atoms with E-state index in [0.717, 1.165) is 11.5 Å². The van der Waals surface area contributed by atoms with Gasteiger partial charge in [0.15, 0.2) is 0 Å². The van der Waals surface area contributed by atoms with E-state index in [9.17, 15) is 0 Å². The highest BCUT2D eigenvalue weighted by molar-refractivity contribution is 5.58. The summed E-state index contributed by atoms with van der Waals surface area (Å²) in [5, 5.41) is 14.4. The molecule has 0 aliphatic heterocycles. The third-order valence-electron chi connectivity index (χ3n) is 2.12. The molecule has 0 saturated heterocycles. The molecule has 0 aromatic carbocycles. The number of nitrogens with zero attached hydrogens (tertiary/aromatic N) is 3. The Morgan fingerprint density at radius 2 is 2.24 bits per heavy atom. The van der Waals surface area contributed by atoms with Crippen molar-refractivity contribution in [3.8, 4) is 0 Å². The van der Waals surface area contributed by atoms with Gasteiger partial charge in [-0.3, -0.25) is 5.01 Å². The number of rotatable bonds is 5. The molecule has 2 N–H and O–H groups in total. The van der Waals surface area contributed by atoms with Crippen molar-refractivity contribution in [2.24, 2.45) is 5.10 Å². The molecule has 0 amide bonds. The molecule has 1 atom stereocenters. The molecule has 1 aromatic rings. The van der Waals surface area contributed by atoms with Crippen LogP contribution in [0.15, 0.2) is 17.9 Å². The molecular formula is C12H22N4O.